The molecule has 0 aliphatic carbocycles. The molecule has 0 spiro atoms. The lowest BCUT2D eigenvalue weighted by Gasteiger charge is -2.28. The van der Waals surface area contributed by atoms with Crippen LogP contribution < -0.4 is 5.32 Å². The predicted octanol–water partition coefficient (Wildman–Crippen LogP) is 4.04. The highest BCUT2D eigenvalue weighted by Crippen LogP contribution is 2.26. The van der Waals surface area contributed by atoms with Gasteiger partial charge in [0.2, 0.25) is 0 Å². The van der Waals surface area contributed by atoms with Crippen LogP contribution in [0.2, 0.25) is 0 Å². The third kappa shape index (κ3) is 4.08. The minimum Gasteiger partial charge on any atom is -0.314 e. The molecule has 1 aromatic rings. The van der Waals surface area contributed by atoms with Gasteiger partial charge in [-0.1, -0.05) is 34.6 Å². The molecule has 1 aromatic heterocycles. The Kier molecular flexibility index (Phi) is 7.24. The van der Waals surface area contributed by atoms with Crippen LogP contribution in [0.25, 0.3) is 0 Å². The van der Waals surface area contributed by atoms with E-state index in [-0.39, 0.29) is 0 Å². The van der Waals surface area contributed by atoms with Gasteiger partial charge in [0.1, 0.15) is 0 Å². The summed E-state index contributed by atoms with van der Waals surface area (Å²) in [5.74, 6) is 1.33. The second-order valence-electron chi connectivity index (χ2n) is 5.85. The van der Waals surface area contributed by atoms with Crippen molar-refractivity contribution in [3.05, 3.63) is 15.9 Å². The Labute approximate surface area is 132 Å². The Bertz CT molecular complexity index is 412. The normalized spacial score (nSPS) is 14.8. The summed E-state index contributed by atoms with van der Waals surface area (Å²) in [6.07, 6.45) is 2.01. The zero-order valence-corrected chi connectivity index (χ0v) is 15.4. The van der Waals surface area contributed by atoms with Crippen molar-refractivity contribution in [2.75, 3.05) is 6.54 Å². The van der Waals surface area contributed by atoms with Crippen molar-refractivity contribution in [1.29, 1.82) is 0 Å². The van der Waals surface area contributed by atoms with E-state index in [0.717, 1.165) is 25.9 Å². The van der Waals surface area contributed by atoms with Crippen LogP contribution in [0.4, 0.5) is 0 Å². The SMILES string of the molecule is CCNC(Cc1c(Br)c(CC)nn1CC)C(C)C(C)C. The van der Waals surface area contributed by atoms with Crippen LogP contribution in [0, 0.1) is 11.8 Å². The van der Waals surface area contributed by atoms with Crippen LogP contribution in [0.5, 0.6) is 0 Å². The van der Waals surface area contributed by atoms with Gasteiger partial charge >= 0.3 is 0 Å². The van der Waals surface area contributed by atoms with Crippen LogP contribution in [-0.4, -0.2) is 22.4 Å². The molecule has 0 fully saturated rings. The maximum absolute atomic E-state index is 4.71. The average Bonchev–Trinajstić information content (AvgIpc) is 2.73. The smallest absolute Gasteiger partial charge is 0.0766 e. The Hall–Kier alpha value is -0.350. The quantitative estimate of drug-likeness (QED) is 0.771. The molecule has 2 atom stereocenters. The molecule has 116 valence electrons. The molecule has 20 heavy (non-hydrogen) atoms. The monoisotopic (exact) mass is 343 g/mol. The third-order valence-electron chi connectivity index (χ3n) is 4.26. The Balaban J connectivity index is 3.01. The minimum atomic E-state index is 0.503. The van der Waals surface area contributed by atoms with Crippen molar-refractivity contribution in [2.24, 2.45) is 11.8 Å². The second kappa shape index (κ2) is 8.18. The summed E-state index contributed by atoms with van der Waals surface area (Å²) in [5.41, 5.74) is 2.51. The summed E-state index contributed by atoms with van der Waals surface area (Å²) in [4.78, 5) is 0. The van der Waals surface area contributed by atoms with Crippen molar-refractivity contribution in [3.8, 4) is 0 Å². The summed E-state index contributed by atoms with van der Waals surface area (Å²) >= 11 is 3.76. The van der Waals surface area contributed by atoms with Gasteiger partial charge in [-0.05, 0) is 47.7 Å². The highest BCUT2D eigenvalue weighted by Gasteiger charge is 2.23. The van der Waals surface area contributed by atoms with Crippen molar-refractivity contribution < 1.29 is 0 Å². The molecule has 2 unspecified atom stereocenters. The maximum Gasteiger partial charge on any atom is 0.0766 e. The van der Waals surface area contributed by atoms with E-state index >= 15 is 0 Å². The number of nitrogens with zero attached hydrogens (tertiary/aromatic N) is 2. The van der Waals surface area contributed by atoms with E-state index in [1.54, 1.807) is 0 Å². The highest BCUT2D eigenvalue weighted by molar-refractivity contribution is 9.10. The van der Waals surface area contributed by atoms with Crippen LogP contribution in [0.3, 0.4) is 0 Å². The van der Waals surface area contributed by atoms with Crippen LogP contribution in [0.15, 0.2) is 4.47 Å². The van der Waals surface area contributed by atoms with Crippen LogP contribution >= 0.6 is 15.9 Å². The molecular weight excluding hydrogens is 314 g/mol. The van der Waals surface area contributed by atoms with Crippen molar-refractivity contribution in [3.63, 3.8) is 0 Å². The molecular formula is C16H30BrN3. The van der Waals surface area contributed by atoms with Gasteiger partial charge in [0.25, 0.3) is 0 Å². The average molecular weight is 344 g/mol. The fraction of sp³-hybridized carbons (Fsp3) is 0.812. The lowest BCUT2D eigenvalue weighted by Crippen LogP contribution is -2.39. The topological polar surface area (TPSA) is 29.9 Å². The first kappa shape index (κ1) is 17.7. The molecule has 0 aliphatic heterocycles. The lowest BCUT2D eigenvalue weighted by atomic mass is 9.87. The van der Waals surface area contributed by atoms with Crippen molar-refractivity contribution >= 4 is 15.9 Å². The van der Waals surface area contributed by atoms with Gasteiger partial charge in [-0.2, -0.15) is 5.10 Å². The summed E-state index contributed by atoms with van der Waals surface area (Å²) in [7, 11) is 0. The largest absolute Gasteiger partial charge is 0.314 e. The molecule has 1 N–H and O–H groups in total. The fourth-order valence-electron chi connectivity index (χ4n) is 2.59. The summed E-state index contributed by atoms with van der Waals surface area (Å²) < 4.78 is 3.36. The second-order valence-corrected chi connectivity index (χ2v) is 6.64. The molecule has 0 aromatic carbocycles. The molecule has 0 bridgehead atoms. The number of halogens is 1. The van der Waals surface area contributed by atoms with E-state index in [1.165, 1.54) is 15.9 Å². The maximum atomic E-state index is 4.71. The van der Waals surface area contributed by atoms with Gasteiger partial charge in [-0.25, -0.2) is 0 Å². The van der Waals surface area contributed by atoms with Gasteiger partial charge < -0.3 is 5.32 Å². The Morgan fingerprint density at radius 3 is 2.30 bits per heavy atom. The molecule has 0 saturated carbocycles. The zero-order valence-electron chi connectivity index (χ0n) is 13.8. The summed E-state index contributed by atoms with van der Waals surface area (Å²) in [6.45, 7) is 15.4. The summed E-state index contributed by atoms with van der Waals surface area (Å²) in [5, 5.41) is 8.36. The molecule has 0 aliphatic rings. The van der Waals surface area contributed by atoms with E-state index in [9.17, 15) is 0 Å². The fourth-order valence-corrected chi connectivity index (χ4v) is 3.32. The lowest BCUT2D eigenvalue weighted by molar-refractivity contribution is 0.296. The van der Waals surface area contributed by atoms with Gasteiger partial charge in [-0.15, -0.1) is 0 Å². The first-order valence-electron chi connectivity index (χ1n) is 7.93. The Morgan fingerprint density at radius 2 is 1.85 bits per heavy atom. The number of rotatable bonds is 8. The van der Waals surface area contributed by atoms with Crippen LogP contribution in [-0.2, 0) is 19.4 Å². The summed E-state index contributed by atoms with van der Waals surface area (Å²) in [6, 6.07) is 0.503. The predicted molar refractivity (Wildman–Crippen MR) is 90.1 cm³/mol. The van der Waals surface area contributed by atoms with E-state index in [1.807, 2.05) is 0 Å². The molecule has 0 saturated heterocycles. The van der Waals surface area contributed by atoms with Gasteiger partial charge in [0.15, 0.2) is 0 Å². The van der Waals surface area contributed by atoms with Crippen molar-refractivity contribution in [1.82, 2.24) is 15.1 Å². The van der Waals surface area contributed by atoms with Gasteiger partial charge in [0, 0.05) is 19.0 Å². The molecule has 1 heterocycles. The van der Waals surface area contributed by atoms with Crippen LogP contribution in [0.1, 0.15) is 52.9 Å². The molecule has 3 nitrogen and oxygen atoms in total. The molecule has 4 heteroatoms. The number of likely N-dealkylation sites (N-methyl/N-ethyl adjacent to an activating group) is 1. The number of nitrogens with one attached hydrogen (secondary N) is 1. The zero-order chi connectivity index (χ0) is 15.3. The van der Waals surface area contributed by atoms with E-state index in [4.69, 9.17) is 5.10 Å². The first-order valence-corrected chi connectivity index (χ1v) is 8.72. The Morgan fingerprint density at radius 1 is 1.20 bits per heavy atom. The number of aromatic nitrogens is 2. The highest BCUT2D eigenvalue weighted by atomic mass is 79.9. The molecule has 0 amide bonds. The minimum absolute atomic E-state index is 0.503. The van der Waals surface area contributed by atoms with E-state index in [0.29, 0.717) is 17.9 Å². The molecule has 0 radical (unpaired) electrons. The first-order chi connectivity index (χ1) is 9.46. The standard InChI is InChI=1S/C16H30BrN3/c1-7-13-16(17)15(20(9-3)19-13)10-14(18-8-2)12(6)11(4)5/h11-12,14,18H,7-10H2,1-6H3. The third-order valence-corrected chi connectivity index (χ3v) is 5.18. The van der Waals surface area contributed by atoms with Gasteiger partial charge in [0.05, 0.1) is 15.9 Å². The van der Waals surface area contributed by atoms with E-state index in [2.05, 4.69) is 67.5 Å². The van der Waals surface area contributed by atoms with Crippen molar-refractivity contribution in [2.45, 2.75) is 67.0 Å². The number of hydrogen-bond acceptors (Lipinski definition) is 2. The number of aryl methyl sites for hydroxylation is 2. The molecule has 1 rings (SSSR count). The van der Waals surface area contributed by atoms with Gasteiger partial charge in [-0.3, -0.25) is 4.68 Å². The van der Waals surface area contributed by atoms with E-state index < -0.39 is 0 Å². The number of hydrogen-bond donors (Lipinski definition) is 1.